The quantitative estimate of drug-likeness (QED) is 0.754. The molecule has 0 amide bonds. The fourth-order valence-corrected chi connectivity index (χ4v) is 3.03. The highest BCUT2D eigenvalue weighted by atomic mass is 35.5. The summed E-state index contributed by atoms with van der Waals surface area (Å²) in [4.78, 5) is 0. The number of ether oxygens (including phenoxy) is 1. The predicted octanol–water partition coefficient (Wildman–Crippen LogP) is 4.38. The Morgan fingerprint density at radius 2 is 2.05 bits per heavy atom. The third-order valence-corrected chi connectivity index (χ3v) is 4.28. The van der Waals surface area contributed by atoms with E-state index in [4.69, 9.17) is 16.3 Å². The second kappa shape index (κ2) is 8.02. The first-order chi connectivity index (χ1) is 9.69. The molecule has 0 radical (unpaired) electrons. The van der Waals surface area contributed by atoms with Crippen molar-refractivity contribution in [2.75, 3.05) is 13.1 Å². The Morgan fingerprint density at radius 3 is 2.65 bits per heavy atom. The average Bonchev–Trinajstić information content (AvgIpc) is 2.84. The Balaban J connectivity index is 1.97. The van der Waals surface area contributed by atoms with Crippen LogP contribution < -0.4 is 5.32 Å². The summed E-state index contributed by atoms with van der Waals surface area (Å²) in [7, 11) is 0. The summed E-state index contributed by atoms with van der Waals surface area (Å²) < 4.78 is 5.99. The monoisotopic (exact) mass is 295 g/mol. The molecule has 2 rings (SSSR count). The summed E-state index contributed by atoms with van der Waals surface area (Å²) in [6.07, 6.45) is 5.50. The van der Waals surface area contributed by atoms with Crippen molar-refractivity contribution in [1.82, 2.24) is 5.32 Å². The van der Waals surface area contributed by atoms with Crippen molar-refractivity contribution in [3.8, 4) is 0 Å². The molecule has 0 aliphatic carbocycles. The zero-order valence-electron chi connectivity index (χ0n) is 12.6. The molecule has 1 N–H and O–H groups in total. The van der Waals surface area contributed by atoms with Gasteiger partial charge in [0.2, 0.25) is 0 Å². The highest BCUT2D eigenvalue weighted by Gasteiger charge is 2.25. The molecule has 20 heavy (non-hydrogen) atoms. The van der Waals surface area contributed by atoms with Crippen LogP contribution in [0.1, 0.15) is 51.0 Å². The molecule has 1 heterocycles. The largest absolute Gasteiger partial charge is 0.375 e. The van der Waals surface area contributed by atoms with Gasteiger partial charge in [-0.2, -0.15) is 0 Å². The van der Waals surface area contributed by atoms with Crippen LogP contribution in [0.5, 0.6) is 0 Å². The van der Waals surface area contributed by atoms with Gasteiger partial charge in [-0.15, -0.1) is 0 Å². The van der Waals surface area contributed by atoms with Gasteiger partial charge in [-0.1, -0.05) is 30.7 Å². The molecule has 0 aromatic heterocycles. The Kier molecular flexibility index (Phi) is 6.34. The lowest BCUT2D eigenvalue weighted by atomic mass is 9.92. The first-order valence-electron chi connectivity index (χ1n) is 7.80. The number of rotatable bonds is 7. The molecule has 3 atom stereocenters. The second-order valence-electron chi connectivity index (χ2n) is 5.83. The standard InChI is InChI=1S/C17H26ClNO/c1-3-10-19-12-15(11-17-9-4-13(2)20-17)14-5-7-16(18)8-6-14/h5-8,13,15,17,19H,3-4,9-12H2,1-2H3. The van der Waals surface area contributed by atoms with Crippen LogP contribution in [-0.4, -0.2) is 25.3 Å². The first-order valence-corrected chi connectivity index (χ1v) is 8.18. The lowest BCUT2D eigenvalue weighted by Crippen LogP contribution is -2.25. The van der Waals surface area contributed by atoms with Crippen molar-refractivity contribution >= 4 is 11.6 Å². The van der Waals surface area contributed by atoms with Gasteiger partial charge in [0.1, 0.15) is 0 Å². The van der Waals surface area contributed by atoms with E-state index >= 15 is 0 Å². The number of halogens is 1. The SMILES string of the molecule is CCCNCC(CC1CCC(C)O1)c1ccc(Cl)cc1. The lowest BCUT2D eigenvalue weighted by Gasteiger charge is -2.22. The van der Waals surface area contributed by atoms with E-state index in [0.29, 0.717) is 18.1 Å². The molecular weight excluding hydrogens is 270 g/mol. The average molecular weight is 296 g/mol. The Labute approximate surface area is 127 Å². The molecule has 0 bridgehead atoms. The van der Waals surface area contributed by atoms with E-state index in [9.17, 15) is 0 Å². The normalized spacial score (nSPS) is 23.9. The fraction of sp³-hybridized carbons (Fsp3) is 0.647. The summed E-state index contributed by atoms with van der Waals surface area (Å²) >= 11 is 5.99. The van der Waals surface area contributed by atoms with Gasteiger partial charge in [0.25, 0.3) is 0 Å². The zero-order valence-corrected chi connectivity index (χ0v) is 13.3. The molecule has 1 aliphatic heterocycles. The third kappa shape index (κ3) is 4.76. The van der Waals surface area contributed by atoms with Crippen molar-refractivity contribution in [3.05, 3.63) is 34.9 Å². The van der Waals surface area contributed by atoms with Crippen LogP contribution in [0.2, 0.25) is 5.02 Å². The summed E-state index contributed by atoms with van der Waals surface area (Å²) in [6.45, 7) is 6.47. The van der Waals surface area contributed by atoms with Gasteiger partial charge in [-0.25, -0.2) is 0 Å². The van der Waals surface area contributed by atoms with E-state index in [-0.39, 0.29) is 0 Å². The topological polar surface area (TPSA) is 21.3 Å². The Bertz CT molecular complexity index is 392. The van der Waals surface area contributed by atoms with Gasteiger partial charge in [-0.3, -0.25) is 0 Å². The molecule has 1 fully saturated rings. The molecular formula is C17H26ClNO. The number of hydrogen-bond acceptors (Lipinski definition) is 2. The van der Waals surface area contributed by atoms with Crippen LogP contribution in [0.4, 0.5) is 0 Å². The molecule has 1 aromatic rings. The Morgan fingerprint density at radius 1 is 1.30 bits per heavy atom. The van der Waals surface area contributed by atoms with E-state index < -0.39 is 0 Å². The van der Waals surface area contributed by atoms with Crippen LogP contribution in [0.25, 0.3) is 0 Å². The van der Waals surface area contributed by atoms with Crippen LogP contribution in [-0.2, 0) is 4.74 Å². The first kappa shape index (κ1) is 15.8. The minimum atomic E-state index is 0.411. The van der Waals surface area contributed by atoms with Crippen molar-refractivity contribution < 1.29 is 4.74 Å². The molecule has 0 saturated carbocycles. The maximum Gasteiger partial charge on any atom is 0.0586 e. The molecule has 1 aromatic carbocycles. The molecule has 3 unspecified atom stereocenters. The van der Waals surface area contributed by atoms with E-state index in [1.165, 1.54) is 24.8 Å². The van der Waals surface area contributed by atoms with E-state index in [2.05, 4.69) is 31.3 Å². The molecule has 2 nitrogen and oxygen atoms in total. The van der Waals surface area contributed by atoms with Crippen molar-refractivity contribution in [2.45, 2.75) is 57.7 Å². The summed E-state index contributed by atoms with van der Waals surface area (Å²) in [5.41, 5.74) is 1.36. The lowest BCUT2D eigenvalue weighted by molar-refractivity contribution is 0.0466. The van der Waals surface area contributed by atoms with E-state index in [1.54, 1.807) is 0 Å². The smallest absolute Gasteiger partial charge is 0.0586 e. The van der Waals surface area contributed by atoms with Crippen LogP contribution in [0.3, 0.4) is 0 Å². The van der Waals surface area contributed by atoms with Gasteiger partial charge in [0.05, 0.1) is 12.2 Å². The minimum Gasteiger partial charge on any atom is -0.375 e. The summed E-state index contributed by atoms with van der Waals surface area (Å²) in [5, 5.41) is 4.35. The third-order valence-electron chi connectivity index (χ3n) is 4.03. The van der Waals surface area contributed by atoms with Gasteiger partial charge in [0.15, 0.2) is 0 Å². The predicted molar refractivity (Wildman–Crippen MR) is 85.5 cm³/mol. The maximum atomic E-state index is 5.99. The van der Waals surface area contributed by atoms with E-state index in [1.807, 2.05) is 12.1 Å². The fourth-order valence-electron chi connectivity index (χ4n) is 2.90. The van der Waals surface area contributed by atoms with Gasteiger partial charge >= 0.3 is 0 Å². The highest BCUT2D eigenvalue weighted by molar-refractivity contribution is 6.30. The van der Waals surface area contributed by atoms with Gasteiger partial charge < -0.3 is 10.1 Å². The van der Waals surface area contributed by atoms with Gasteiger partial charge in [-0.05, 0) is 62.8 Å². The molecule has 3 heteroatoms. The maximum absolute atomic E-state index is 5.99. The molecule has 1 aliphatic rings. The highest BCUT2D eigenvalue weighted by Crippen LogP contribution is 2.29. The van der Waals surface area contributed by atoms with Crippen molar-refractivity contribution in [1.29, 1.82) is 0 Å². The minimum absolute atomic E-state index is 0.411. The number of hydrogen-bond donors (Lipinski definition) is 1. The zero-order chi connectivity index (χ0) is 14.4. The molecule has 112 valence electrons. The van der Waals surface area contributed by atoms with Gasteiger partial charge in [0, 0.05) is 11.6 Å². The van der Waals surface area contributed by atoms with Crippen molar-refractivity contribution in [2.24, 2.45) is 0 Å². The Hall–Kier alpha value is -0.570. The number of benzene rings is 1. The van der Waals surface area contributed by atoms with Crippen LogP contribution in [0.15, 0.2) is 24.3 Å². The summed E-state index contributed by atoms with van der Waals surface area (Å²) in [6, 6.07) is 8.28. The number of nitrogens with one attached hydrogen (secondary N) is 1. The molecule has 0 spiro atoms. The van der Waals surface area contributed by atoms with Crippen LogP contribution in [0, 0.1) is 0 Å². The molecule has 1 saturated heterocycles. The second-order valence-corrected chi connectivity index (χ2v) is 6.27. The van der Waals surface area contributed by atoms with E-state index in [0.717, 1.165) is 24.5 Å². The van der Waals surface area contributed by atoms with Crippen molar-refractivity contribution in [3.63, 3.8) is 0 Å². The van der Waals surface area contributed by atoms with Crippen LogP contribution >= 0.6 is 11.6 Å². The summed E-state index contributed by atoms with van der Waals surface area (Å²) in [5.74, 6) is 0.508.